The van der Waals surface area contributed by atoms with E-state index in [1.165, 1.54) is 11.8 Å². The average Bonchev–Trinajstić information content (AvgIpc) is 3.06. The van der Waals surface area contributed by atoms with E-state index in [1.54, 1.807) is 4.90 Å². The fourth-order valence-electron chi connectivity index (χ4n) is 5.88. The molecule has 1 aliphatic heterocycles. The third-order valence-electron chi connectivity index (χ3n) is 8.47. The van der Waals surface area contributed by atoms with Crippen molar-refractivity contribution in [3.63, 3.8) is 0 Å². The average molecular weight is 667 g/mol. The molecule has 5 atom stereocenters. The highest BCUT2D eigenvalue weighted by Gasteiger charge is 2.35. The molecule has 0 aromatic heterocycles. The van der Waals surface area contributed by atoms with Crippen molar-refractivity contribution < 1.29 is 29.1 Å². The minimum Gasteiger partial charge on any atom is -0.480 e. The van der Waals surface area contributed by atoms with E-state index in [9.17, 15) is 29.1 Å². The first kappa shape index (κ1) is 37.9. The van der Waals surface area contributed by atoms with Gasteiger partial charge in [0.05, 0.1) is 12.1 Å². The van der Waals surface area contributed by atoms with Crippen LogP contribution in [0.25, 0.3) is 0 Å². The van der Waals surface area contributed by atoms with Crippen molar-refractivity contribution >= 4 is 41.1 Å². The molecule has 1 fully saturated rings. The molecule has 2 aromatic carbocycles. The summed E-state index contributed by atoms with van der Waals surface area (Å²) in [7, 11) is 0. The predicted molar refractivity (Wildman–Crippen MR) is 185 cm³/mol. The number of hydrogen-bond acceptors (Lipinski definition) is 8. The van der Waals surface area contributed by atoms with E-state index < -0.39 is 41.0 Å². The van der Waals surface area contributed by atoms with Crippen LogP contribution in [0.3, 0.4) is 0 Å². The number of nitrogens with two attached hydrogens (primary N) is 2. The van der Waals surface area contributed by atoms with Crippen molar-refractivity contribution in [2.75, 3.05) is 25.4 Å². The summed E-state index contributed by atoms with van der Waals surface area (Å²) in [6.45, 7) is 4.75. The maximum absolute atomic E-state index is 13.9. The Balaban J connectivity index is 1.77. The number of hydrogen-bond donors (Lipinski definition) is 4. The van der Waals surface area contributed by atoms with Crippen LogP contribution in [0.2, 0.25) is 0 Å². The zero-order valence-corrected chi connectivity index (χ0v) is 28.3. The summed E-state index contributed by atoms with van der Waals surface area (Å²) in [4.78, 5) is 67.8. The number of amides is 2. The zero-order chi connectivity index (χ0) is 34.3. The van der Waals surface area contributed by atoms with Gasteiger partial charge in [-0.05, 0) is 55.7 Å². The predicted octanol–water partition coefficient (Wildman–Crippen LogP) is 3.25. The van der Waals surface area contributed by atoms with E-state index >= 15 is 0 Å². The van der Waals surface area contributed by atoms with Crippen LogP contribution in [0.15, 0.2) is 60.7 Å². The Kier molecular flexibility index (Phi) is 15.6. The van der Waals surface area contributed by atoms with Gasteiger partial charge in [-0.3, -0.25) is 24.0 Å². The second-order valence-corrected chi connectivity index (χ2v) is 14.1. The molecule has 0 radical (unpaired) electrons. The number of nitrogens with one attached hydrogen (secondary N) is 1. The Morgan fingerprint density at radius 1 is 0.915 bits per heavy atom. The van der Waals surface area contributed by atoms with Crippen LogP contribution in [0.5, 0.6) is 0 Å². The number of benzene rings is 2. The second-order valence-electron chi connectivity index (χ2n) is 12.8. The summed E-state index contributed by atoms with van der Waals surface area (Å²) in [5.74, 6) is -2.99. The summed E-state index contributed by atoms with van der Waals surface area (Å²) in [6, 6.07) is 17.3. The Bertz CT molecular complexity index is 1330. The molecule has 0 saturated carbocycles. The number of Topliss-reactive ketones (excluding diaryl/α,β-unsaturated/α-hetero) is 2. The van der Waals surface area contributed by atoms with Gasteiger partial charge < -0.3 is 26.8 Å². The monoisotopic (exact) mass is 666 g/mol. The molecule has 256 valence electrons. The van der Waals surface area contributed by atoms with Crippen molar-refractivity contribution in [3.05, 3.63) is 71.8 Å². The van der Waals surface area contributed by atoms with E-state index in [1.807, 2.05) is 74.5 Å². The van der Waals surface area contributed by atoms with E-state index in [0.717, 1.165) is 11.1 Å². The van der Waals surface area contributed by atoms with Crippen LogP contribution < -0.4 is 16.8 Å². The third kappa shape index (κ3) is 12.5. The number of carbonyl (C=O) groups excluding carboxylic acids is 4. The molecular formula is C36H50N4O6S. The van der Waals surface area contributed by atoms with Crippen molar-refractivity contribution in [1.82, 2.24) is 10.2 Å². The SMILES string of the molecule is CC(C)C[C@@H](NC(=O)[C@H](CC(=O)[C@H](N)Cc1ccccc1)Cc1ccccc1)C(=O)C[C@H](CCCN)C(=O)N1CCSC(C(=O)O)C1. The second kappa shape index (κ2) is 19.3. The fraction of sp³-hybridized carbons (Fsp3) is 0.528. The van der Waals surface area contributed by atoms with Crippen LogP contribution in [-0.2, 0) is 36.8 Å². The summed E-state index contributed by atoms with van der Waals surface area (Å²) < 4.78 is 0. The van der Waals surface area contributed by atoms with Gasteiger partial charge in [-0.2, -0.15) is 0 Å². The van der Waals surface area contributed by atoms with Gasteiger partial charge in [0.2, 0.25) is 11.8 Å². The molecule has 10 nitrogen and oxygen atoms in total. The lowest BCUT2D eigenvalue weighted by atomic mass is 9.87. The molecule has 1 unspecified atom stereocenters. The maximum Gasteiger partial charge on any atom is 0.318 e. The number of carbonyl (C=O) groups is 5. The number of ketones is 2. The molecule has 47 heavy (non-hydrogen) atoms. The van der Waals surface area contributed by atoms with Crippen LogP contribution in [-0.4, -0.2) is 82.1 Å². The number of carboxylic acids is 1. The number of carboxylic acid groups (broad SMARTS) is 1. The number of thioether (sulfide) groups is 1. The van der Waals surface area contributed by atoms with Gasteiger partial charge in [0, 0.05) is 43.5 Å². The summed E-state index contributed by atoms with van der Waals surface area (Å²) in [5.41, 5.74) is 13.9. The molecule has 1 saturated heterocycles. The molecule has 0 bridgehead atoms. The Hall–Kier alpha value is -3.54. The van der Waals surface area contributed by atoms with E-state index in [4.69, 9.17) is 11.5 Å². The Morgan fingerprint density at radius 2 is 1.51 bits per heavy atom. The van der Waals surface area contributed by atoms with Gasteiger partial charge in [-0.15, -0.1) is 11.8 Å². The highest BCUT2D eigenvalue weighted by atomic mass is 32.2. The highest BCUT2D eigenvalue weighted by Crippen LogP contribution is 2.25. The summed E-state index contributed by atoms with van der Waals surface area (Å²) >= 11 is 1.30. The van der Waals surface area contributed by atoms with Crippen LogP contribution in [0, 0.1) is 17.8 Å². The minimum atomic E-state index is -0.966. The van der Waals surface area contributed by atoms with Gasteiger partial charge in [-0.1, -0.05) is 74.5 Å². The largest absolute Gasteiger partial charge is 0.480 e. The molecule has 2 aromatic rings. The topological polar surface area (TPSA) is 173 Å². The van der Waals surface area contributed by atoms with Crippen molar-refractivity contribution in [1.29, 1.82) is 0 Å². The third-order valence-corrected chi connectivity index (χ3v) is 9.65. The van der Waals surface area contributed by atoms with Gasteiger partial charge in [0.25, 0.3) is 0 Å². The normalized spacial score (nSPS) is 17.4. The van der Waals surface area contributed by atoms with Crippen LogP contribution in [0.1, 0.15) is 57.1 Å². The molecule has 6 N–H and O–H groups in total. The molecular weight excluding hydrogens is 616 g/mol. The zero-order valence-electron chi connectivity index (χ0n) is 27.5. The van der Waals surface area contributed by atoms with Gasteiger partial charge in [0.15, 0.2) is 11.6 Å². The first-order chi connectivity index (χ1) is 22.5. The molecule has 11 heteroatoms. The van der Waals surface area contributed by atoms with Crippen molar-refractivity contribution in [3.8, 4) is 0 Å². The molecule has 1 aliphatic rings. The lowest BCUT2D eigenvalue weighted by molar-refractivity contribution is -0.141. The van der Waals surface area contributed by atoms with Gasteiger partial charge in [-0.25, -0.2) is 0 Å². The van der Waals surface area contributed by atoms with Gasteiger partial charge >= 0.3 is 5.97 Å². The van der Waals surface area contributed by atoms with E-state index in [-0.39, 0.29) is 42.8 Å². The van der Waals surface area contributed by atoms with Crippen molar-refractivity contribution in [2.24, 2.45) is 29.2 Å². The lowest BCUT2D eigenvalue weighted by Gasteiger charge is -2.33. The highest BCUT2D eigenvalue weighted by molar-refractivity contribution is 8.00. The van der Waals surface area contributed by atoms with E-state index in [0.29, 0.717) is 50.9 Å². The first-order valence-corrected chi connectivity index (χ1v) is 17.6. The molecule has 0 spiro atoms. The molecule has 3 rings (SSSR count). The number of rotatable bonds is 19. The van der Waals surface area contributed by atoms with Crippen LogP contribution in [0.4, 0.5) is 0 Å². The van der Waals surface area contributed by atoms with Crippen LogP contribution >= 0.6 is 11.8 Å². The smallest absolute Gasteiger partial charge is 0.318 e. The summed E-state index contributed by atoms with van der Waals surface area (Å²) in [5, 5.41) is 11.7. The van der Waals surface area contributed by atoms with E-state index in [2.05, 4.69) is 5.32 Å². The Morgan fingerprint density at radius 3 is 2.09 bits per heavy atom. The maximum atomic E-state index is 13.9. The standard InChI is InChI=1S/C36H50N4O6S/c1-24(2)18-30(32(42)21-27(14-9-15-37)35(44)40-16-17-47-33(23-40)36(45)46)39-34(43)28(19-25-10-5-3-6-11-25)22-31(41)29(38)20-26-12-7-4-8-13-26/h3-8,10-13,24,27-30,33H,9,14-23,37-38H2,1-2H3,(H,39,43)(H,45,46)/t27-,28-,29+,30+,33?/m0/s1. The number of aliphatic carboxylic acids is 1. The fourth-order valence-corrected chi connectivity index (χ4v) is 6.92. The Labute approximate surface area is 282 Å². The lowest BCUT2D eigenvalue weighted by Crippen LogP contribution is -2.49. The summed E-state index contributed by atoms with van der Waals surface area (Å²) in [6.07, 6.45) is 1.76. The van der Waals surface area contributed by atoms with Gasteiger partial charge in [0.1, 0.15) is 5.25 Å². The quantitative estimate of drug-likeness (QED) is 0.176. The minimum absolute atomic E-state index is 0.0615. The first-order valence-electron chi connectivity index (χ1n) is 16.5. The molecule has 1 heterocycles. The van der Waals surface area contributed by atoms with Crippen molar-refractivity contribution in [2.45, 2.75) is 76.1 Å². The molecule has 2 amide bonds. The number of nitrogens with zero attached hydrogens (tertiary/aromatic N) is 1. The molecule has 0 aliphatic carbocycles.